The molecule has 4 heteroatoms. The Kier molecular flexibility index (Phi) is 2.48. The molecule has 1 heterocycles. The summed E-state index contributed by atoms with van der Waals surface area (Å²) in [5, 5.41) is 9.34. The summed E-state index contributed by atoms with van der Waals surface area (Å²) < 4.78 is 0.960. The van der Waals surface area contributed by atoms with Crippen LogP contribution in [0.4, 0.5) is 0 Å². The quantitative estimate of drug-likeness (QED) is 0.849. The van der Waals surface area contributed by atoms with E-state index in [1.54, 1.807) is 13.1 Å². The summed E-state index contributed by atoms with van der Waals surface area (Å²) in [6, 6.07) is 5.69. The molecule has 0 aliphatic heterocycles. The molecule has 0 fully saturated rings. The van der Waals surface area contributed by atoms with Crippen LogP contribution in [-0.4, -0.2) is 15.1 Å². The van der Waals surface area contributed by atoms with E-state index in [-0.39, 0.29) is 0 Å². The van der Waals surface area contributed by atoms with Crippen molar-refractivity contribution >= 4 is 27.0 Å². The van der Waals surface area contributed by atoms with Gasteiger partial charge in [0.15, 0.2) is 0 Å². The van der Waals surface area contributed by atoms with Crippen molar-refractivity contribution in [2.75, 3.05) is 0 Å². The Hall–Kier alpha value is -1.00. The fourth-order valence-electron chi connectivity index (χ4n) is 1.20. The topological polar surface area (TPSA) is 46.0 Å². The zero-order valence-corrected chi connectivity index (χ0v) is 9.19. The van der Waals surface area contributed by atoms with E-state index in [4.69, 9.17) is 0 Å². The number of aromatic nitrogens is 2. The maximum Gasteiger partial charge on any atom is 0.0947 e. The summed E-state index contributed by atoms with van der Waals surface area (Å²) in [7, 11) is 0. The van der Waals surface area contributed by atoms with Gasteiger partial charge in [-0.2, -0.15) is 0 Å². The molecule has 0 bridgehead atoms. The highest BCUT2D eigenvalue weighted by Gasteiger charge is 2.04. The summed E-state index contributed by atoms with van der Waals surface area (Å²) in [6.07, 6.45) is 1.02. The van der Waals surface area contributed by atoms with E-state index in [2.05, 4.69) is 25.9 Å². The van der Waals surface area contributed by atoms with Crippen LogP contribution in [0.2, 0.25) is 0 Å². The minimum atomic E-state index is -0.578. The minimum absolute atomic E-state index is 0.578. The van der Waals surface area contributed by atoms with Crippen LogP contribution in [0.5, 0.6) is 0 Å². The minimum Gasteiger partial charge on any atom is -0.387 e. The van der Waals surface area contributed by atoms with Gasteiger partial charge in [-0.1, -0.05) is 15.9 Å². The molecule has 72 valence electrons. The molecule has 14 heavy (non-hydrogen) atoms. The molecule has 1 N–H and O–H groups in total. The molecule has 0 aliphatic carbocycles. The molecule has 2 aromatic rings. The number of hydrogen-bond donors (Lipinski definition) is 1. The fourth-order valence-corrected chi connectivity index (χ4v) is 1.55. The van der Waals surface area contributed by atoms with Crippen LogP contribution in [0.25, 0.3) is 11.0 Å². The highest BCUT2D eigenvalue weighted by Crippen LogP contribution is 2.18. The number of hydrogen-bond acceptors (Lipinski definition) is 3. The number of fused-ring (bicyclic) bond motifs is 1. The van der Waals surface area contributed by atoms with Gasteiger partial charge >= 0.3 is 0 Å². The number of nitrogens with zero attached hydrogens (tertiary/aromatic N) is 2. The largest absolute Gasteiger partial charge is 0.387 e. The van der Waals surface area contributed by atoms with Gasteiger partial charge in [0.25, 0.3) is 0 Å². The lowest BCUT2D eigenvalue weighted by molar-refractivity contribution is 0.194. The maximum atomic E-state index is 9.34. The van der Waals surface area contributed by atoms with E-state index in [0.717, 1.165) is 15.5 Å². The van der Waals surface area contributed by atoms with Gasteiger partial charge in [-0.25, -0.2) is 4.98 Å². The number of aliphatic hydroxyl groups is 1. The third-order valence-electron chi connectivity index (χ3n) is 1.95. The van der Waals surface area contributed by atoms with Crippen LogP contribution in [0.1, 0.15) is 18.7 Å². The number of halogens is 1. The Labute approximate surface area is 89.9 Å². The van der Waals surface area contributed by atoms with Gasteiger partial charge in [-0.3, -0.25) is 4.98 Å². The van der Waals surface area contributed by atoms with Crippen molar-refractivity contribution in [3.8, 4) is 0 Å². The van der Waals surface area contributed by atoms with Crippen molar-refractivity contribution in [2.45, 2.75) is 13.0 Å². The summed E-state index contributed by atoms with van der Waals surface area (Å²) in [5.74, 6) is 0. The molecule has 1 atom stereocenters. The summed E-state index contributed by atoms with van der Waals surface area (Å²) in [6.45, 7) is 1.67. The van der Waals surface area contributed by atoms with Gasteiger partial charge in [-0.15, -0.1) is 0 Å². The van der Waals surface area contributed by atoms with Crippen molar-refractivity contribution in [3.05, 3.63) is 34.6 Å². The molecule has 1 unspecified atom stereocenters. The second kappa shape index (κ2) is 3.63. The Balaban J connectivity index is 2.63. The SMILES string of the molecule is CC(O)c1cnc2ccc(Br)cc2n1. The van der Waals surface area contributed by atoms with E-state index in [9.17, 15) is 5.11 Å². The van der Waals surface area contributed by atoms with Crippen LogP contribution in [-0.2, 0) is 0 Å². The standard InChI is InChI=1S/C10H9BrN2O/c1-6(14)10-5-12-8-3-2-7(11)4-9(8)13-10/h2-6,14H,1H3. The van der Waals surface area contributed by atoms with Crippen molar-refractivity contribution in [1.29, 1.82) is 0 Å². The van der Waals surface area contributed by atoms with Crippen LogP contribution >= 0.6 is 15.9 Å². The van der Waals surface area contributed by atoms with E-state index in [1.165, 1.54) is 0 Å². The molecule has 0 radical (unpaired) electrons. The summed E-state index contributed by atoms with van der Waals surface area (Å²) in [5.41, 5.74) is 2.21. The van der Waals surface area contributed by atoms with Gasteiger partial charge < -0.3 is 5.11 Å². The predicted octanol–water partition coefficient (Wildman–Crippen LogP) is 2.45. The van der Waals surface area contributed by atoms with Crippen molar-refractivity contribution < 1.29 is 5.11 Å². The molecule has 0 amide bonds. The molecular weight excluding hydrogens is 244 g/mol. The smallest absolute Gasteiger partial charge is 0.0947 e. The lowest BCUT2D eigenvalue weighted by Crippen LogP contribution is -1.97. The van der Waals surface area contributed by atoms with Crippen molar-refractivity contribution in [2.24, 2.45) is 0 Å². The molecule has 0 aliphatic rings. The fraction of sp³-hybridized carbons (Fsp3) is 0.200. The van der Waals surface area contributed by atoms with Crippen LogP contribution in [0.15, 0.2) is 28.9 Å². The lowest BCUT2D eigenvalue weighted by Gasteiger charge is -2.04. The molecule has 0 saturated carbocycles. The van der Waals surface area contributed by atoms with Gasteiger partial charge in [0.05, 0.1) is 29.0 Å². The average molecular weight is 253 g/mol. The summed E-state index contributed by atoms with van der Waals surface area (Å²) in [4.78, 5) is 8.49. The Morgan fingerprint density at radius 2 is 2.14 bits per heavy atom. The van der Waals surface area contributed by atoms with Crippen LogP contribution in [0.3, 0.4) is 0 Å². The monoisotopic (exact) mass is 252 g/mol. The molecular formula is C10H9BrN2O. The zero-order chi connectivity index (χ0) is 10.1. The highest BCUT2D eigenvalue weighted by atomic mass is 79.9. The normalized spacial score (nSPS) is 13.1. The number of aliphatic hydroxyl groups excluding tert-OH is 1. The predicted molar refractivity (Wildman–Crippen MR) is 57.9 cm³/mol. The average Bonchev–Trinajstić information content (AvgIpc) is 2.16. The zero-order valence-electron chi connectivity index (χ0n) is 7.61. The van der Waals surface area contributed by atoms with Gasteiger partial charge in [0, 0.05) is 4.47 Å². The number of benzene rings is 1. The molecule has 0 spiro atoms. The van der Waals surface area contributed by atoms with Crippen LogP contribution in [0, 0.1) is 0 Å². The van der Waals surface area contributed by atoms with Gasteiger partial charge in [0.1, 0.15) is 0 Å². The highest BCUT2D eigenvalue weighted by molar-refractivity contribution is 9.10. The first kappa shape index (κ1) is 9.55. The van der Waals surface area contributed by atoms with Crippen molar-refractivity contribution in [1.82, 2.24) is 9.97 Å². The van der Waals surface area contributed by atoms with Crippen molar-refractivity contribution in [3.63, 3.8) is 0 Å². The molecule has 0 saturated heterocycles. The van der Waals surface area contributed by atoms with Crippen LogP contribution < -0.4 is 0 Å². The third kappa shape index (κ3) is 1.76. The van der Waals surface area contributed by atoms with E-state index < -0.39 is 6.10 Å². The summed E-state index contributed by atoms with van der Waals surface area (Å²) >= 11 is 3.36. The molecule has 1 aromatic heterocycles. The molecule has 2 rings (SSSR count). The first-order valence-electron chi connectivity index (χ1n) is 4.27. The first-order chi connectivity index (χ1) is 6.66. The Bertz CT molecular complexity index is 471. The van der Waals surface area contributed by atoms with E-state index in [1.807, 2.05) is 18.2 Å². The van der Waals surface area contributed by atoms with Gasteiger partial charge in [0.2, 0.25) is 0 Å². The lowest BCUT2D eigenvalue weighted by atomic mass is 10.2. The van der Waals surface area contributed by atoms with Gasteiger partial charge in [-0.05, 0) is 25.1 Å². The number of rotatable bonds is 1. The van der Waals surface area contributed by atoms with E-state index >= 15 is 0 Å². The Morgan fingerprint density at radius 3 is 2.86 bits per heavy atom. The molecule has 3 nitrogen and oxygen atoms in total. The second-order valence-electron chi connectivity index (χ2n) is 3.10. The first-order valence-corrected chi connectivity index (χ1v) is 5.06. The second-order valence-corrected chi connectivity index (χ2v) is 4.02. The van der Waals surface area contributed by atoms with E-state index in [0.29, 0.717) is 5.69 Å². The molecule has 1 aromatic carbocycles. The maximum absolute atomic E-state index is 9.34. The Morgan fingerprint density at radius 1 is 1.36 bits per heavy atom. The third-order valence-corrected chi connectivity index (χ3v) is 2.44.